The molecule has 2 aromatic carbocycles. The van der Waals surface area contributed by atoms with E-state index in [-0.39, 0.29) is 11.9 Å². The van der Waals surface area contributed by atoms with Gasteiger partial charge in [0.2, 0.25) is 5.91 Å². The number of carbonyl (C=O) groups is 1. The molecular weight excluding hydrogens is 322 g/mol. The van der Waals surface area contributed by atoms with Crippen molar-refractivity contribution in [3.05, 3.63) is 65.2 Å². The fourth-order valence-electron chi connectivity index (χ4n) is 3.05. The molecule has 1 aliphatic rings. The molecule has 1 amide bonds. The molecule has 0 bridgehead atoms. The SMILES string of the molecule is NC(Cc1ccccc1)C(=O)NC1CCN(c2cccc(Cl)c2)C1. The van der Waals surface area contributed by atoms with Gasteiger partial charge in [-0.2, -0.15) is 0 Å². The van der Waals surface area contributed by atoms with Crippen LogP contribution in [0.5, 0.6) is 0 Å². The van der Waals surface area contributed by atoms with E-state index in [4.69, 9.17) is 17.3 Å². The van der Waals surface area contributed by atoms with Gasteiger partial charge in [-0.25, -0.2) is 0 Å². The monoisotopic (exact) mass is 343 g/mol. The summed E-state index contributed by atoms with van der Waals surface area (Å²) < 4.78 is 0. The van der Waals surface area contributed by atoms with E-state index in [1.807, 2.05) is 54.6 Å². The van der Waals surface area contributed by atoms with Gasteiger partial charge >= 0.3 is 0 Å². The van der Waals surface area contributed by atoms with Crippen LogP contribution in [0.2, 0.25) is 5.02 Å². The number of halogens is 1. The third-order valence-electron chi connectivity index (χ3n) is 4.34. The van der Waals surface area contributed by atoms with Crippen LogP contribution in [0.15, 0.2) is 54.6 Å². The number of nitrogens with two attached hydrogens (primary N) is 1. The van der Waals surface area contributed by atoms with E-state index in [1.165, 1.54) is 0 Å². The first-order chi connectivity index (χ1) is 11.6. The summed E-state index contributed by atoms with van der Waals surface area (Å²) in [6, 6.07) is 17.3. The van der Waals surface area contributed by atoms with Crippen molar-refractivity contribution in [2.75, 3.05) is 18.0 Å². The molecule has 2 aromatic rings. The zero-order chi connectivity index (χ0) is 16.9. The molecule has 0 aliphatic carbocycles. The highest BCUT2D eigenvalue weighted by molar-refractivity contribution is 6.30. The maximum absolute atomic E-state index is 12.3. The quantitative estimate of drug-likeness (QED) is 0.877. The van der Waals surface area contributed by atoms with Gasteiger partial charge < -0.3 is 16.0 Å². The number of carbonyl (C=O) groups excluding carboxylic acids is 1. The van der Waals surface area contributed by atoms with Crippen molar-refractivity contribution in [1.29, 1.82) is 0 Å². The average Bonchev–Trinajstić information content (AvgIpc) is 3.04. The largest absolute Gasteiger partial charge is 0.369 e. The third kappa shape index (κ3) is 4.28. The van der Waals surface area contributed by atoms with Crippen LogP contribution in [0.4, 0.5) is 5.69 Å². The van der Waals surface area contributed by atoms with Crippen LogP contribution in [0.3, 0.4) is 0 Å². The van der Waals surface area contributed by atoms with Gasteiger partial charge in [0.15, 0.2) is 0 Å². The molecule has 4 nitrogen and oxygen atoms in total. The molecule has 5 heteroatoms. The Morgan fingerprint density at radius 1 is 1.25 bits per heavy atom. The van der Waals surface area contributed by atoms with E-state index in [0.717, 1.165) is 35.8 Å². The van der Waals surface area contributed by atoms with Crippen LogP contribution in [0.1, 0.15) is 12.0 Å². The number of anilines is 1. The first-order valence-electron chi connectivity index (χ1n) is 8.22. The normalized spacial score (nSPS) is 18.4. The van der Waals surface area contributed by atoms with Crippen LogP contribution in [0, 0.1) is 0 Å². The molecule has 2 atom stereocenters. The topological polar surface area (TPSA) is 58.4 Å². The summed E-state index contributed by atoms with van der Waals surface area (Å²) in [4.78, 5) is 14.6. The number of hydrogen-bond acceptors (Lipinski definition) is 3. The predicted octanol–water partition coefficient (Wildman–Crippen LogP) is 2.60. The minimum atomic E-state index is -0.521. The summed E-state index contributed by atoms with van der Waals surface area (Å²) in [7, 11) is 0. The molecule has 0 aromatic heterocycles. The van der Waals surface area contributed by atoms with Crippen molar-refractivity contribution < 1.29 is 4.79 Å². The molecular formula is C19H22ClN3O. The number of hydrogen-bond donors (Lipinski definition) is 2. The minimum Gasteiger partial charge on any atom is -0.369 e. The van der Waals surface area contributed by atoms with E-state index < -0.39 is 6.04 Å². The molecule has 2 unspecified atom stereocenters. The summed E-state index contributed by atoms with van der Waals surface area (Å²) in [5, 5.41) is 3.80. The van der Waals surface area contributed by atoms with Crippen molar-refractivity contribution in [1.82, 2.24) is 5.32 Å². The Hall–Kier alpha value is -2.04. The zero-order valence-corrected chi connectivity index (χ0v) is 14.2. The molecule has 0 saturated carbocycles. The number of benzene rings is 2. The molecule has 1 heterocycles. The highest BCUT2D eigenvalue weighted by Gasteiger charge is 2.26. The van der Waals surface area contributed by atoms with Crippen molar-refractivity contribution in [3.63, 3.8) is 0 Å². The second-order valence-corrected chi connectivity index (χ2v) is 6.65. The van der Waals surface area contributed by atoms with Gasteiger partial charge in [0.05, 0.1) is 6.04 Å². The predicted molar refractivity (Wildman–Crippen MR) is 98.3 cm³/mol. The lowest BCUT2D eigenvalue weighted by atomic mass is 10.1. The van der Waals surface area contributed by atoms with Crippen LogP contribution >= 0.6 is 11.6 Å². The zero-order valence-electron chi connectivity index (χ0n) is 13.5. The van der Waals surface area contributed by atoms with Gasteiger partial charge in [-0.15, -0.1) is 0 Å². The van der Waals surface area contributed by atoms with E-state index in [1.54, 1.807) is 0 Å². The van der Waals surface area contributed by atoms with Crippen molar-refractivity contribution in [2.45, 2.75) is 24.9 Å². The summed E-state index contributed by atoms with van der Waals surface area (Å²) >= 11 is 6.05. The van der Waals surface area contributed by atoms with Gasteiger partial charge in [-0.3, -0.25) is 4.79 Å². The fourth-order valence-corrected chi connectivity index (χ4v) is 3.24. The van der Waals surface area contributed by atoms with Gasteiger partial charge in [0.1, 0.15) is 0 Å². The van der Waals surface area contributed by atoms with E-state index >= 15 is 0 Å². The summed E-state index contributed by atoms with van der Waals surface area (Å²) in [5.41, 5.74) is 8.22. The first kappa shape index (κ1) is 16.8. The molecule has 0 spiro atoms. The second-order valence-electron chi connectivity index (χ2n) is 6.22. The maximum Gasteiger partial charge on any atom is 0.237 e. The van der Waals surface area contributed by atoms with Crippen molar-refractivity contribution in [3.8, 4) is 0 Å². The lowest BCUT2D eigenvalue weighted by molar-refractivity contribution is -0.122. The lowest BCUT2D eigenvalue weighted by Crippen LogP contribution is -2.47. The summed E-state index contributed by atoms with van der Waals surface area (Å²) in [6.45, 7) is 1.68. The molecule has 1 aliphatic heterocycles. The Morgan fingerprint density at radius 2 is 2.04 bits per heavy atom. The Kier molecular flexibility index (Phi) is 5.38. The molecule has 3 rings (SSSR count). The van der Waals surface area contributed by atoms with Crippen LogP contribution in [-0.4, -0.2) is 31.1 Å². The highest BCUT2D eigenvalue weighted by atomic mass is 35.5. The van der Waals surface area contributed by atoms with E-state index in [9.17, 15) is 4.79 Å². The number of nitrogens with zero attached hydrogens (tertiary/aromatic N) is 1. The second kappa shape index (κ2) is 7.69. The summed E-state index contributed by atoms with van der Waals surface area (Å²) in [6.07, 6.45) is 1.47. The first-order valence-corrected chi connectivity index (χ1v) is 8.60. The molecule has 3 N–H and O–H groups in total. The van der Waals surface area contributed by atoms with Gasteiger partial charge in [0.25, 0.3) is 0 Å². The molecule has 1 saturated heterocycles. The standard InChI is InChI=1S/C19H22ClN3O/c20-15-7-4-8-17(12-15)23-10-9-16(13-23)22-19(24)18(21)11-14-5-2-1-3-6-14/h1-8,12,16,18H,9-11,13,21H2,(H,22,24). The third-order valence-corrected chi connectivity index (χ3v) is 4.58. The Balaban J connectivity index is 1.52. The van der Waals surface area contributed by atoms with Gasteiger partial charge in [-0.1, -0.05) is 48.0 Å². The average molecular weight is 344 g/mol. The Bertz CT molecular complexity index is 692. The molecule has 24 heavy (non-hydrogen) atoms. The number of amides is 1. The van der Waals surface area contributed by atoms with Crippen LogP contribution < -0.4 is 16.0 Å². The van der Waals surface area contributed by atoms with E-state index in [2.05, 4.69) is 10.2 Å². The summed E-state index contributed by atoms with van der Waals surface area (Å²) in [5.74, 6) is -0.0863. The van der Waals surface area contributed by atoms with Gasteiger partial charge in [0, 0.05) is 29.8 Å². The Morgan fingerprint density at radius 3 is 2.79 bits per heavy atom. The van der Waals surface area contributed by atoms with E-state index in [0.29, 0.717) is 6.42 Å². The number of nitrogens with one attached hydrogen (secondary N) is 1. The molecule has 1 fully saturated rings. The lowest BCUT2D eigenvalue weighted by Gasteiger charge is -2.20. The van der Waals surface area contributed by atoms with Crippen molar-refractivity contribution >= 4 is 23.2 Å². The molecule has 126 valence electrons. The van der Waals surface area contributed by atoms with Crippen LogP contribution in [-0.2, 0) is 11.2 Å². The maximum atomic E-state index is 12.3. The Labute approximate surface area is 147 Å². The van der Waals surface area contributed by atoms with Crippen molar-refractivity contribution in [2.24, 2.45) is 5.73 Å². The minimum absolute atomic E-state index is 0.0863. The number of rotatable bonds is 5. The molecule has 0 radical (unpaired) electrons. The smallest absolute Gasteiger partial charge is 0.237 e. The van der Waals surface area contributed by atoms with Gasteiger partial charge in [-0.05, 0) is 36.6 Å². The highest BCUT2D eigenvalue weighted by Crippen LogP contribution is 2.23. The van der Waals surface area contributed by atoms with Crippen LogP contribution in [0.25, 0.3) is 0 Å². The fraction of sp³-hybridized carbons (Fsp3) is 0.316.